The Bertz CT molecular complexity index is 284. The molecule has 0 aromatic carbocycles. The molecular formula is C15H33Cl2N3O2. The molecule has 1 rings (SSSR count). The van der Waals surface area contributed by atoms with Crippen LogP contribution in [0.4, 0.5) is 0 Å². The third-order valence-electron chi connectivity index (χ3n) is 3.68. The topological polar surface area (TPSA) is 44.8 Å². The molecule has 5 nitrogen and oxygen atoms in total. The number of rotatable bonds is 8. The highest BCUT2D eigenvalue weighted by atomic mass is 35.5. The van der Waals surface area contributed by atoms with Crippen molar-refractivity contribution in [1.29, 1.82) is 0 Å². The molecule has 1 aliphatic heterocycles. The van der Waals surface area contributed by atoms with Crippen molar-refractivity contribution in [2.75, 3.05) is 52.4 Å². The van der Waals surface area contributed by atoms with E-state index in [1.807, 2.05) is 4.90 Å². The van der Waals surface area contributed by atoms with Crippen LogP contribution in [0.5, 0.6) is 0 Å². The molecule has 7 heteroatoms. The van der Waals surface area contributed by atoms with Crippen LogP contribution < -0.4 is 5.32 Å². The number of ether oxygens (including phenoxy) is 1. The number of carbonyl (C=O) groups is 1. The van der Waals surface area contributed by atoms with E-state index in [-0.39, 0.29) is 36.8 Å². The lowest BCUT2D eigenvalue weighted by Gasteiger charge is -2.32. The highest BCUT2D eigenvalue weighted by Crippen LogP contribution is 2.06. The SMILES string of the molecule is CCN(CC)CCN(CC(C)C)C(=O)C1CNCCO1.Cl.Cl. The van der Waals surface area contributed by atoms with E-state index in [9.17, 15) is 4.79 Å². The van der Waals surface area contributed by atoms with E-state index in [0.717, 1.165) is 39.3 Å². The van der Waals surface area contributed by atoms with Crippen molar-refractivity contribution >= 4 is 30.7 Å². The third-order valence-corrected chi connectivity index (χ3v) is 3.68. The average Bonchev–Trinajstić information content (AvgIpc) is 2.46. The zero-order valence-corrected chi connectivity index (χ0v) is 16.0. The summed E-state index contributed by atoms with van der Waals surface area (Å²) >= 11 is 0. The Hall–Kier alpha value is -0.0700. The second-order valence-electron chi connectivity index (χ2n) is 5.77. The highest BCUT2D eigenvalue weighted by molar-refractivity contribution is 5.85. The molecule has 0 bridgehead atoms. The van der Waals surface area contributed by atoms with Gasteiger partial charge >= 0.3 is 0 Å². The molecule has 0 aliphatic carbocycles. The Balaban J connectivity index is 0. The maximum absolute atomic E-state index is 12.6. The number of nitrogens with one attached hydrogen (secondary N) is 1. The summed E-state index contributed by atoms with van der Waals surface area (Å²) in [6.45, 7) is 15.3. The van der Waals surface area contributed by atoms with Gasteiger partial charge in [-0.3, -0.25) is 4.79 Å². The zero-order chi connectivity index (χ0) is 15.0. The van der Waals surface area contributed by atoms with E-state index >= 15 is 0 Å². The monoisotopic (exact) mass is 357 g/mol. The molecule has 22 heavy (non-hydrogen) atoms. The summed E-state index contributed by atoms with van der Waals surface area (Å²) in [6.07, 6.45) is -0.306. The number of carbonyl (C=O) groups excluding carboxylic acids is 1. The first kappa shape index (κ1) is 24.2. The van der Waals surface area contributed by atoms with Gasteiger partial charge in [0.1, 0.15) is 6.10 Å². The van der Waals surface area contributed by atoms with Gasteiger partial charge in [0, 0.05) is 32.7 Å². The summed E-state index contributed by atoms with van der Waals surface area (Å²) in [5, 5.41) is 3.23. The summed E-state index contributed by atoms with van der Waals surface area (Å²) in [6, 6.07) is 0. The Morgan fingerprint density at radius 2 is 1.86 bits per heavy atom. The summed E-state index contributed by atoms with van der Waals surface area (Å²) in [5.74, 6) is 0.616. The Morgan fingerprint density at radius 1 is 1.23 bits per heavy atom. The minimum atomic E-state index is -0.306. The molecule has 0 aromatic heterocycles. The number of morpholine rings is 1. The fraction of sp³-hybridized carbons (Fsp3) is 0.933. The van der Waals surface area contributed by atoms with Crippen LogP contribution in [-0.4, -0.2) is 74.2 Å². The molecular weight excluding hydrogens is 325 g/mol. The second-order valence-corrected chi connectivity index (χ2v) is 5.77. The van der Waals surface area contributed by atoms with Gasteiger partial charge in [0.05, 0.1) is 6.61 Å². The molecule has 134 valence electrons. The average molecular weight is 358 g/mol. The predicted octanol–water partition coefficient (Wildman–Crippen LogP) is 1.64. The van der Waals surface area contributed by atoms with Crippen LogP contribution in [0.1, 0.15) is 27.7 Å². The molecule has 0 radical (unpaired) electrons. The number of likely N-dealkylation sites (N-methyl/N-ethyl adjacent to an activating group) is 1. The fourth-order valence-corrected chi connectivity index (χ4v) is 2.46. The minimum absolute atomic E-state index is 0. The van der Waals surface area contributed by atoms with Crippen LogP contribution in [0, 0.1) is 5.92 Å². The first-order chi connectivity index (χ1) is 9.58. The van der Waals surface area contributed by atoms with E-state index in [1.165, 1.54) is 0 Å². The molecule has 1 heterocycles. The highest BCUT2D eigenvalue weighted by Gasteiger charge is 2.27. The van der Waals surface area contributed by atoms with E-state index in [2.05, 4.69) is 37.9 Å². The second kappa shape index (κ2) is 13.4. The Labute approximate surface area is 147 Å². The lowest BCUT2D eigenvalue weighted by molar-refractivity contribution is -0.146. The lowest BCUT2D eigenvalue weighted by Crippen LogP contribution is -2.51. The van der Waals surface area contributed by atoms with Gasteiger partial charge in [-0.15, -0.1) is 24.8 Å². The summed E-state index contributed by atoms with van der Waals surface area (Å²) in [5.41, 5.74) is 0. The number of nitrogens with zero attached hydrogens (tertiary/aromatic N) is 2. The van der Waals surface area contributed by atoms with Crippen LogP contribution >= 0.6 is 24.8 Å². The van der Waals surface area contributed by atoms with Crippen LogP contribution in [0.25, 0.3) is 0 Å². The Kier molecular flexibility index (Phi) is 14.7. The molecule has 1 amide bonds. The molecule has 1 unspecified atom stereocenters. The molecule has 1 atom stereocenters. The van der Waals surface area contributed by atoms with Crippen LogP contribution in [-0.2, 0) is 9.53 Å². The van der Waals surface area contributed by atoms with Crippen LogP contribution in [0.15, 0.2) is 0 Å². The summed E-state index contributed by atoms with van der Waals surface area (Å²) in [4.78, 5) is 16.9. The zero-order valence-electron chi connectivity index (χ0n) is 14.3. The predicted molar refractivity (Wildman–Crippen MR) is 96.3 cm³/mol. The van der Waals surface area contributed by atoms with Gasteiger partial charge in [-0.25, -0.2) is 0 Å². The number of hydrogen-bond donors (Lipinski definition) is 1. The normalized spacial score (nSPS) is 17.8. The van der Waals surface area contributed by atoms with E-state index in [0.29, 0.717) is 19.1 Å². The van der Waals surface area contributed by atoms with Crippen LogP contribution in [0.3, 0.4) is 0 Å². The minimum Gasteiger partial charge on any atom is -0.366 e. The first-order valence-corrected chi connectivity index (χ1v) is 7.91. The smallest absolute Gasteiger partial charge is 0.253 e. The summed E-state index contributed by atoms with van der Waals surface area (Å²) in [7, 11) is 0. The van der Waals surface area contributed by atoms with E-state index < -0.39 is 0 Å². The quantitative estimate of drug-likeness (QED) is 0.717. The van der Waals surface area contributed by atoms with Gasteiger partial charge in [-0.1, -0.05) is 27.7 Å². The van der Waals surface area contributed by atoms with Gasteiger partial charge in [0.25, 0.3) is 5.91 Å². The molecule has 0 spiro atoms. The van der Waals surface area contributed by atoms with Crippen molar-refractivity contribution in [3.63, 3.8) is 0 Å². The van der Waals surface area contributed by atoms with E-state index in [1.54, 1.807) is 0 Å². The fourth-order valence-electron chi connectivity index (χ4n) is 2.46. The largest absolute Gasteiger partial charge is 0.366 e. The molecule has 1 fully saturated rings. The van der Waals surface area contributed by atoms with Crippen molar-refractivity contribution in [2.24, 2.45) is 5.92 Å². The van der Waals surface area contributed by atoms with Gasteiger partial charge in [-0.05, 0) is 19.0 Å². The number of halogens is 2. The molecule has 0 saturated carbocycles. The molecule has 1 N–H and O–H groups in total. The van der Waals surface area contributed by atoms with Gasteiger partial charge < -0.3 is 19.9 Å². The number of hydrogen-bond acceptors (Lipinski definition) is 4. The van der Waals surface area contributed by atoms with Gasteiger partial charge in [0.15, 0.2) is 0 Å². The van der Waals surface area contributed by atoms with Crippen molar-refractivity contribution in [2.45, 2.75) is 33.8 Å². The molecule has 1 saturated heterocycles. The first-order valence-electron chi connectivity index (χ1n) is 7.91. The third kappa shape index (κ3) is 8.53. The van der Waals surface area contributed by atoms with E-state index in [4.69, 9.17) is 4.74 Å². The Morgan fingerprint density at radius 3 is 2.32 bits per heavy atom. The van der Waals surface area contributed by atoms with Crippen molar-refractivity contribution < 1.29 is 9.53 Å². The van der Waals surface area contributed by atoms with Gasteiger partial charge in [0.2, 0.25) is 0 Å². The summed E-state index contributed by atoms with van der Waals surface area (Å²) < 4.78 is 5.59. The molecule has 0 aromatic rings. The van der Waals surface area contributed by atoms with Crippen molar-refractivity contribution in [1.82, 2.24) is 15.1 Å². The maximum Gasteiger partial charge on any atom is 0.253 e. The van der Waals surface area contributed by atoms with Gasteiger partial charge in [-0.2, -0.15) is 0 Å². The lowest BCUT2D eigenvalue weighted by atomic mass is 10.1. The van der Waals surface area contributed by atoms with Crippen molar-refractivity contribution in [3.8, 4) is 0 Å². The van der Waals surface area contributed by atoms with Crippen molar-refractivity contribution in [3.05, 3.63) is 0 Å². The van der Waals surface area contributed by atoms with Crippen LogP contribution in [0.2, 0.25) is 0 Å². The standard InChI is InChI=1S/C15H31N3O2.2ClH/c1-5-17(6-2)8-9-18(12-13(3)4)15(19)14-11-16-7-10-20-14;;/h13-14,16H,5-12H2,1-4H3;2*1H. The number of amides is 1. The maximum atomic E-state index is 12.6. The molecule has 1 aliphatic rings.